The Kier molecular flexibility index (Phi) is 3.04. The first-order chi connectivity index (χ1) is 10.0. The van der Waals surface area contributed by atoms with E-state index >= 15 is 0 Å². The molecule has 7 nitrogen and oxygen atoms in total. The Labute approximate surface area is 121 Å². The van der Waals surface area contributed by atoms with Crippen LogP contribution in [0.3, 0.4) is 0 Å². The number of amides is 1. The summed E-state index contributed by atoms with van der Waals surface area (Å²) >= 11 is 0. The third-order valence-electron chi connectivity index (χ3n) is 3.90. The largest absolute Gasteiger partial charge is 0.481 e. The van der Waals surface area contributed by atoms with Gasteiger partial charge >= 0.3 is 5.97 Å². The van der Waals surface area contributed by atoms with Crippen LogP contribution in [0.15, 0.2) is 30.7 Å². The van der Waals surface area contributed by atoms with Gasteiger partial charge in [-0.05, 0) is 25.0 Å². The third kappa shape index (κ3) is 2.31. The SMILES string of the molecule is Cn1ncc(C(=O)NCC2(C(=O)O)CC2)c1-n1cccc1. The smallest absolute Gasteiger partial charge is 0.311 e. The van der Waals surface area contributed by atoms with Crippen molar-refractivity contribution in [3.05, 3.63) is 36.3 Å². The number of hydrogen-bond donors (Lipinski definition) is 2. The molecule has 7 heteroatoms. The molecule has 0 bridgehead atoms. The molecule has 0 aromatic carbocycles. The van der Waals surface area contributed by atoms with E-state index in [0.29, 0.717) is 24.2 Å². The van der Waals surface area contributed by atoms with Crippen LogP contribution in [0, 0.1) is 5.41 Å². The first-order valence-electron chi connectivity index (χ1n) is 6.70. The maximum absolute atomic E-state index is 12.3. The number of carbonyl (C=O) groups is 2. The Morgan fingerprint density at radius 1 is 1.38 bits per heavy atom. The van der Waals surface area contributed by atoms with Gasteiger partial charge in [-0.1, -0.05) is 0 Å². The van der Waals surface area contributed by atoms with Gasteiger partial charge in [0.15, 0.2) is 0 Å². The average molecular weight is 288 g/mol. The lowest BCUT2D eigenvalue weighted by Gasteiger charge is -2.12. The molecule has 1 fully saturated rings. The molecule has 2 aromatic rings. The van der Waals surface area contributed by atoms with Crippen molar-refractivity contribution < 1.29 is 14.7 Å². The first-order valence-corrected chi connectivity index (χ1v) is 6.70. The molecule has 1 amide bonds. The van der Waals surface area contributed by atoms with E-state index in [4.69, 9.17) is 5.11 Å². The molecule has 1 saturated carbocycles. The lowest BCUT2D eigenvalue weighted by atomic mass is 10.1. The van der Waals surface area contributed by atoms with Crippen molar-refractivity contribution in [1.29, 1.82) is 0 Å². The Bertz CT molecular complexity index is 683. The fraction of sp³-hybridized carbons (Fsp3) is 0.357. The van der Waals surface area contributed by atoms with Gasteiger partial charge in [0, 0.05) is 26.0 Å². The summed E-state index contributed by atoms with van der Waals surface area (Å²) in [6.45, 7) is 0.154. The van der Waals surface area contributed by atoms with Crippen molar-refractivity contribution >= 4 is 11.9 Å². The molecule has 0 unspecified atom stereocenters. The van der Waals surface area contributed by atoms with Gasteiger partial charge in [-0.25, -0.2) is 0 Å². The van der Waals surface area contributed by atoms with Gasteiger partial charge in [0.25, 0.3) is 5.91 Å². The monoisotopic (exact) mass is 288 g/mol. The topological polar surface area (TPSA) is 89.2 Å². The summed E-state index contributed by atoms with van der Waals surface area (Å²) in [6.07, 6.45) is 6.37. The predicted molar refractivity (Wildman–Crippen MR) is 74.2 cm³/mol. The fourth-order valence-corrected chi connectivity index (χ4v) is 2.34. The zero-order valence-electron chi connectivity index (χ0n) is 11.6. The zero-order valence-corrected chi connectivity index (χ0v) is 11.6. The van der Waals surface area contributed by atoms with Crippen molar-refractivity contribution in [2.45, 2.75) is 12.8 Å². The van der Waals surface area contributed by atoms with Gasteiger partial charge in [-0.15, -0.1) is 0 Å². The number of carboxylic acid groups (broad SMARTS) is 1. The molecule has 110 valence electrons. The van der Waals surface area contributed by atoms with E-state index < -0.39 is 11.4 Å². The van der Waals surface area contributed by atoms with Gasteiger partial charge < -0.3 is 15.0 Å². The van der Waals surface area contributed by atoms with Crippen molar-refractivity contribution in [3.63, 3.8) is 0 Å². The van der Waals surface area contributed by atoms with Crippen molar-refractivity contribution in [3.8, 4) is 5.82 Å². The van der Waals surface area contributed by atoms with Crippen LogP contribution in [0.5, 0.6) is 0 Å². The second-order valence-corrected chi connectivity index (χ2v) is 5.36. The van der Waals surface area contributed by atoms with Gasteiger partial charge in [-0.2, -0.15) is 5.10 Å². The summed E-state index contributed by atoms with van der Waals surface area (Å²) in [5.41, 5.74) is -0.347. The molecular weight excluding hydrogens is 272 g/mol. The van der Waals surface area contributed by atoms with Gasteiger partial charge in [0.1, 0.15) is 11.4 Å². The molecule has 1 aliphatic carbocycles. The molecule has 0 atom stereocenters. The van der Waals surface area contributed by atoms with Gasteiger partial charge in [0.05, 0.1) is 11.6 Å². The van der Waals surface area contributed by atoms with Gasteiger partial charge in [0.2, 0.25) is 0 Å². The molecule has 0 aliphatic heterocycles. The lowest BCUT2D eigenvalue weighted by Crippen LogP contribution is -2.34. The maximum atomic E-state index is 12.3. The summed E-state index contributed by atoms with van der Waals surface area (Å²) in [4.78, 5) is 23.4. The number of hydrogen-bond acceptors (Lipinski definition) is 3. The van der Waals surface area contributed by atoms with Crippen LogP contribution in [0.1, 0.15) is 23.2 Å². The summed E-state index contributed by atoms with van der Waals surface area (Å²) < 4.78 is 3.41. The minimum atomic E-state index is -0.848. The zero-order chi connectivity index (χ0) is 15.0. The number of aryl methyl sites for hydroxylation is 1. The van der Waals surface area contributed by atoms with E-state index in [1.165, 1.54) is 6.20 Å². The van der Waals surface area contributed by atoms with Crippen molar-refractivity contribution in [1.82, 2.24) is 19.7 Å². The number of aromatic nitrogens is 3. The average Bonchev–Trinajstić information content (AvgIpc) is 2.88. The number of aliphatic carboxylic acids is 1. The molecule has 0 radical (unpaired) electrons. The molecular formula is C14H16N4O3. The second kappa shape index (κ2) is 4.76. The number of rotatable bonds is 5. The van der Waals surface area contributed by atoms with E-state index in [1.807, 2.05) is 24.5 Å². The standard InChI is InChI=1S/C14H16N4O3/c1-17-12(18-6-2-3-7-18)10(8-16-17)11(19)15-9-14(4-5-14)13(20)21/h2-3,6-8H,4-5,9H2,1H3,(H,15,19)(H,20,21). The Morgan fingerprint density at radius 2 is 2.05 bits per heavy atom. The van der Waals surface area contributed by atoms with E-state index in [-0.39, 0.29) is 12.5 Å². The van der Waals surface area contributed by atoms with E-state index in [1.54, 1.807) is 16.3 Å². The second-order valence-electron chi connectivity index (χ2n) is 5.36. The molecule has 0 saturated heterocycles. The molecule has 21 heavy (non-hydrogen) atoms. The van der Waals surface area contributed by atoms with Crippen LogP contribution < -0.4 is 5.32 Å². The highest BCUT2D eigenvalue weighted by Gasteiger charge is 2.50. The number of carboxylic acids is 1. The highest BCUT2D eigenvalue weighted by Crippen LogP contribution is 2.45. The molecule has 2 aromatic heterocycles. The number of nitrogens with one attached hydrogen (secondary N) is 1. The predicted octanol–water partition coefficient (Wildman–Crippen LogP) is 0.805. The summed E-state index contributed by atoms with van der Waals surface area (Å²) in [5.74, 6) is -0.503. The van der Waals surface area contributed by atoms with Crippen LogP contribution in [0.2, 0.25) is 0 Å². The van der Waals surface area contributed by atoms with Crippen LogP contribution in [-0.2, 0) is 11.8 Å². The molecule has 2 N–H and O–H groups in total. The van der Waals surface area contributed by atoms with Crippen LogP contribution in [0.25, 0.3) is 5.82 Å². The number of nitrogens with zero attached hydrogens (tertiary/aromatic N) is 3. The van der Waals surface area contributed by atoms with Crippen LogP contribution in [-0.4, -0.2) is 37.9 Å². The molecule has 3 rings (SSSR count). The van der Waals surface area contributed by atoms with Gasteiger partial charge in [-0.3, -0.25) is 14.3 Å². The summed E-state index contributed by atoms with van der Waals surface area (Å²) in [7, 11) is 1.76. The molecule has 1 aliphatic rings. The minimum absolute atomic E-state index is 0.154. The normalized spacial score (nSPS) is 15.7. The highest BCUT2D eigenvalue weighted by molar-refractivity contribution is 5.97. The Morgan fingerprint density at radius 3 is 2.62 bits per heavy atom. The third-order valence-corrected chi connectivity index (χ3v) is 3.90. The fourth-order valence-electron chi connectivity index (χ4n) is 2.34. The highest BCUT2D eigenvalue weighted by atomic mass is 16.4. The first kappa shape index (κ1) is 13.4. The molecule has 2 heterocycles. The van der Waals surface area contributed by atoms with Crippen LogP contribution >= 0.6 is 0 Å². The van der Waals surface area contributed by atoms with E-state index in [0.717, 1.165) is 0 Å². The Hall–Kier alpha value is -2.57. The quantitative estimate of drug-likeness (QED) is 0.852. The maximum Gasteiger partial charge on any atom is 0.311 e. The molecule has 0 spiro atoms. The summed E-state index contributed by atoms with van der Waals surface area (Å²) in [6, 6.07) is 3.72. The summed E-state index contributed by atoms with van der Waals surface area (Å²) in [5, 5.41) is 15.9. The number of carbonyl (C=O) groups excluding carboxylic acids is 1. The van der Waals surface area contributed by atoms with Crippen molar-refractivity contribution in [2.75, 3.05) is 6.54 Å². The van der Waals surface area contributed by atoms with E-state index in [9.17, 15) is 9.59 Å². The lowest BCUT2D eigenvalue weighted by molar-refractivity contribution is -0.143. The van der Waals surface area contributed by atoms with E-state index in [2.05, 4.69) is 10.4 Å². The Balaban J connectivity index is 1.78. The minimum Gasteiger partial charge on any atom is -0.481 e. The van der Waals surface area contributed by atoms with Crippen molar-refractivity contribution in [2.24, 2.45) is 12.5 Å². The van der Waals surface area contributed by atoms with Crippen LogP contribution in [0.4, 0.5) is 0 Å².